The molecule has 64 heavy (non-hydrogen) atoms. The van der Waals surface area contributed by atoms with Gasteiger partial charge in [0, 0.05) is 63.6 Å². The number of ether oxygens (including phenoxy) is 2. The van der Waals surface area contributed by atoms with Crippen LogP contribution in [0.3, 0.4) is 0 Å². The average Bonchev–Trinajstić information content (AvgIpc) is 3.86. The number of nitrogen functional groups attached to an aromatic ring is 2. The minimum absolute atomic E-state index is 0. The highest BCUT2D eigenvalue weighted by atomic mass is 35.5. The van der Waals surface area contributed by atoms with Gasteiger partial charge in [-0.2, -0.15) is 0 Å². The van der Waals surface area contributed by atoms with Crippen molar-refractivity contribution in [3.05, 3.63) is 107 Å². The van der Waals surface area contributed by atoms with E-state index in [0.29, 0.717) is 37.2 Å². The Morgan fingerprint density at radius 3 is 1.70 bits per heavy atom. The SMILES string of the molecule is C.Cl.Cl.Cn1cncc1CCC(=O)COc1ccc(CCC[N+]2(CCCc3ccc(OCC(=O)CCc4cncn4C)cc3)CCC[C@H](NC(=O)c3nc(Cl)c(N)nc3N)C2)cc1.[Cl-]. The van der Waals surface area contributed by atoms with Crippen molar-refractivity contribution in [3.63, 3.8) is 0 Å². The number of likely N-dealkylation sites (tertiary alicyclic amines) is 1. The number of hydrogen-bond acceptors (Lipinski definition) is 11. The van der Waals surface area contributed by atoms with Gasteiger partial charge in [0.2, 0.25) is 0 Å². The molecule has 1 saturated heterocycles. The van der Waals surface area contributed by atoms with Crippen LogP contribution < -0.4 is 38.7 Å². The van der Waals surface area contributed by atoms with Gasteiger partial charge in [-0.25, -0.2) is 19.9 Å². The smallest absolute Gasteiger partial charge is 0.274 e. The summed E-state index contributed by atoms with van der Waals surface area (Å²) in [7, 11) is 3.84. The van der Waals surface area contributed by atoms with Gasteiger partial charge in [-0.15, -0.1) is 24.8 Å². The molecular formula is C45H62Cl4N10O5. The molecule has 3 aromatic heterocycles. The number of carbonyl (C=O) groups is 3. The second kappa shape index (κ2) is 26.8. The number of benzene rings is 2. The Kier molecular flexibility index (Phi) is 23.1. The quantitative estimate of drug-likeness (QED) is 0.0862. The number of ketones is 2. The fourth-order valence-corrected chi connectivity index (χ4v) is 7.95. The molecule has 1 aliphatic heterocycles. The summed E-state index contributed by atoms with van der Waals surface area (Å²) >= 11 is 6.09. The number of rotatable bonds is 22. The molecule has 350 valence electrons. The number of aromatic nitrogens is 6. The van der Waals surface area contributed by atoms with Gasteiger partial charge in [-0.05, 0) is 73.9 Å². The number of anilines is 2. The van der Waals surface area contributed by atoms with Crippen LogP contribution in [0.1, 0.15) is 79.0 Å². The maximum Gasteiger partial charge on any atom is 0.274 e. The number of nitrogens with one attached hydrogen (secondary N) is 1. The third-order valence-corrected chi connectivity index (χ3v) is 11.5. The first kappa shape index (κ1) is 55.2. The lowest BCUT2D eigenvalue weighted by Crippen LogP contribution is -3.00. The molecule has 0 aliphatic carbocycles. The van der Waals surface area contributed by atoms with Gasteiger partial charge in [0.1, 0.15) is 24.7 Å². The third kappa shape index (κ3) is 16.3. The van der Waals surface area contributed by atoms with E-state index in [1.165, 1.54) is 11.1 Å². The lowest BCUT2D eigenvalue weighted by Gasteiger charge is -2.45. The van der Waals surface area contributed by atoms with Gasteiger partial charge in [0.15, 0.2) is 34.0 Å². The zero-order valence-corrected chi connectivity index (χ0v) is 38.9. The molecule has 5 N–H and O–H groups in total. The van der Waals surface area contributed by atoms with Crippen LogP contribution in [-0.4, -0.2) is 96.5 Å². The van der Waals surface area contributed by atoms with Gasteiger partial charge >= 0.3 is 0 Å². The van der Waals surface area contributed by atoms with Crippen molar-refractivity contribution in [2.24, 2.45) is 14.1 Å². The van der Waals surface area contributed by atoms with Crippen LogP contribution in [-0.2, 0) is 49.4 Å². The molecule has 4 heterocycles. The van der Waals surface area contributed by atoms with Crippen LogP contribution in [0.2, 0.25) is 5.15 Å². The summed E-state index contributed by atoms with van der Waals surface area (Å²) in [5.74, 6) is 0.934. The summed E-state index contributed by atoms with van der Waals surface area (Å²) in [4.78, 5) is 54.6. The summed E-state index contributed by atoms with van der Waals surface area (Å²) < 4.78 is 16.3. The fourth-order valence-electron chi connectivity index (χ4n) is 7.82. The number of aryl methyl sites for hydroxylation is 6. The minimum Gasteiger partial charge on any atom is -1.00 e. The molecule has 0 bridgehead atoms. The van der Waals surface area contributed by atoms with E-state index >= 15 is 0 Å². The summed E-state index contributed by atoms with van der Waals surface area (Å²) in [6.45, 7) is 3.72. The summed E-state index contributed by atoms with van der Waals surface area (Å²) in [5.41, 5.74) is 16.1. The Morgan fingerprint density at radius 1 is 0.766 bits per heavy atom. The summed E-state index contributed by atoms with van der Waals surface area (Å²) in [6.07, 6.45) is 14.5. The molecule has 1 fully saturated rings. The molecule has 0 saturated carbocycles. The molecule has 1 aliphatic rings. The third-order valence-electron chi connectivity index (χ3n) is 11.2. The number of carbonyl (C=O) groups excluding carboxylic acids is 3. The predicted molar refractivity (Wildman–Crippen MR) is 251 cm³/mol. The van der Waals surface area contributed by atoms with Crippen LogP contribution in [0.5, 0.6) is 11.5 Å². The van der Waals surface area contributed by atoms with Gasteiger partial charge in [-0.1, -0.05) is 43.3 Å². The number of imidazole rings is 2. The molecule has 19 heteroatoms. The molecule has 2 aromatic carbocycles. The Morgan fingerprint density at radius 2 is 1.25 bits per heavy atom. The van der Waals surface area contributed by atoms with E-state index in [0.717, 1.165) is 80.6 Å². The second-order valence-electron chi connectivity index (χ2n) is 15.8. The van der Waals surface area contributed by atoms with Crippen LogP contribution in [0.25, 0.3) is 0 Å². The fraction of sp³-hybridized carbons (Fsp3) is 0.444. The van der Waals surface area contributed by atoms with E-state index in [9.17, 15) is 14.4 Å². The molecule has 5 aromatic rings. The lowest BCUT2D eigenvalue weighted by atomic mass is 9.99. The normalized spacial score (nSPS) is 13.8. The topological polar surface area (TPSA) is 195 Å². The minimum atomic E-state index is -0.415. The maximum absolute atomic E-state index is 13.4. The van der Waals surface area contributed by atoms with Crippen molar-refractivity contribution < 1.29 is 40.7 Å². The Balaban J connectivity index is 0.00000352. The zero-order chi connectivity index (χ0) is 42.5. The first-order chi connectivity index (χ1) is 28.9. The number of halogens is 4. The maximum atomic E-state index is 13.4. The number of quaternary nitrogens is 1. The van der Waals surface area contributed by atoms with Crippen LogP contribution in [0.15, 0.2) is 73.6 Å². The molecular weight excluding hydrogens is 902 g/mol. The number of hydrogen-bond donors (Lipinski definition) is 3. The van der Waals surface area contributed by atoms with Crippen molar-refractivity contribution in [2.75, 3.05) is 50.9 Å². The van der Waals surface area contributed by atoms with Crippen LogP contribution in [0.4, 0.5) is 11.6 Å². The Bertz CT molecular complexity index is 2110. The van der Waals surface area contributed by atoms with Gasteiger partial charge in [-0.3, -0.25) is 14.4 Å². The Labute approximate surface area is 399 Å². The lowest BCUT2D eigenvalue weighted by molar-refractivity contribution is -0.933. The number of Topliss-reactive ketones (excluding diaryl/α,β-unsaturated/α-hetero) is 2. The molecule has 1 amide bonds. The molecule has 0 spiro atoms. The number of piperidine rings is 1. The van der Waals surface area contributed by atoms with Crippen molar-refractivity contribution in [3.8, 4) is 11.5 Å². The van der Waals surface area contributed by atoms with Crippen LogP contribution in [0, 0.1) is 0 Å². The van der Waals surface area contributed by atoms with E-state index < -0.39 is 5.91 Å². The van der Waals surface area contributed by atoms with E-state index in [4.69, 9.17) is 32.5 Å². The second-order valence-corrected chi connectivity index (χ2v) is 16.1. The molecule has 6 rings (SSSR count). The van der Waals surface area contributed by atoms with Crippen molar-refractivity contribution >= 4 is 65.5 Å². The first-order valence-corrected chi connectivity index (χ1v) is 20.9. The van der Waals surface area contributed by atoms with Crippen molar-refractivity contribution in [1.29, 1.82) is 0 Å². The van der Waals surface area contributed by atoms with E-state index in [-0.39, 0.29) is 98.0 Å². The molecule has 0 unspecified atom stereocenters. The number of nitrogens with zero attached hydrogens (tertiary/aromatic N) is 7. The largest absolute Gasteiger partial charge is 1.00 e. The highest BCUT2D eigenvalue weighted by Gasteiger charge is 2.35. The monoisotopic (exact) mass is 962 g/mol. The average molecular weight is 965 g/mol. The summed E-state index contributed by atoms with van der Waals surface area (Å²) in [5, 5.41) is 3.10. The van der Waals surface area contributed by atoms with Gasteiger partial charge in [0.25, 0.3) is 5.91 Å². The standard InChI is InChI=1S/C44H55ClN10O5.CH4.3ClH/c1-53-29-48-24-34(53)13-15-36(56)27-59-38-17-9-31(10-18-38)6-3-21-55(23-5-8-33(26-55)50-44(58)40-42(46)52-43(47)41(45)51-40)22-4-7-32-11-19-39(20-12-32)60-28-37(57)16-14-35-25-49-30-54(35)2;;;;/h9-12,17-20,24-25,29-30,33H,3-8,13-16,21-23,26-28H2,1-2H3,(H4-,46,47,50,52,58);1H4;3*1H/t33-;;;;/m0..../s1. The van der Waals surface area contributed by atoms with E-state index in [1.807, 2.05) is 47.5 Å². The molecule has 0 radical (unpaired) electrons. The predicted octanol–water partition coefficient (Wildman–Crippen LogP) is 3.38. The number of amides is 1. The summed E-state index contributed by atoms with van der Waals surface area (Å²) in [6, 6.07) is 15.9. The zero-order valence-electron chi connectivity index (χ0n) is 35.7. The van der Waals surface area contributed by atoms with Gasteiger partial charge in [0.05, 0.1) is 44.9 Å². The van der Waals surface area contributed by atoms with Crippen molar-refractivity contribution in [2.45, 2.75) is 77.7 Å². The van der Waals surface area contributed by atoms with Crippen LogP contribution >= 0.6 is 36.4 Å². The first-order valence-electron chi connectivity index (χ1n) is 20.6. The molecule has 15 nitrogen and oxygen atoms in total. The van der Waals surface area contributed by atoms with Gasteiger partial charge < -0.3 is 52.3 Å². The highest BCUT2D eigenvalue weighted by Crippen LogP contribution is 2.25. The number of nitrogens with two attached hydrogens (primary N) is 2. The highest BCUT2D eigenvalue weighted by molar-refractivity contribution is 6.31. The van der Waals surface area contributed by atoms with Crippen molar-refractivity contribution in [1.82, 2.24) is 34.4 Å². The van der Waals surface area contributed by atoms with E-state index in [2.05, 4.69) is 49.5 Å². The van der Waals surface area contributed by atoms with E-state index in [1.54, 1.807) is 25.0 Å². The Hall–Kier alpha value is -4.93. The molecule has 1 atom stereocenters.